The summed E-state index contributed by atoms with van der Waals surface area (Å²) in [7, 11) is -1.45. The van der Waals surface area contributed by atoms with Gasteiger partial charge in [-0.05, 0) is 18.2 Å². The first-order valence-electron chi connectivity index (χ1n) is 9.32. The zero-order valence-electron chi connectivity index (χ0n) is 16.9. The number of nitrogens with zero attached hydrogens (tertiary/aromatic N) is 9. The second-order valence-electron chi connectivity index (χ2n) is 7.18. The van der Waals surface area contributed by atoms with Gasteiger partial charge in [0.25, 0.3) is 5.78 Å². The standard InChI is InChI=1S/C18H16F2N9O2P/c1-31-32(2,30)11-27-9-15(22-10-27)14-7-21-17-25-24-16(29(17)26-14)18(19,20)12-3-4-13-5-6-23-28(13)8-12/h3-10H,11H2,1-2H3. The van der Waals surface area contributed by atoms with E-state index in [1.165, 1.54) is 55.3 Å². The van der Waals surface area contributed by atoms with E-state index < -0.39 is 19.1 Å². The zero-order valence-corrected chi connectivity index (χ0v) is 17.8. The van der Waals surface area contributed by atoms with Gasteiger partial charge in [-0.3, -0.25) is 4.57 Å². The molecular formula is C18H16F2N9O2P. The minimum Gasteiger partial charge on any atom is -0.331 e. The average molecular weight is 459 g/mol. The van der Waals surface area contributed by atoms with Crippen LogP contribution in [0.25, 0.3) is 22.7 Å². The van der Waals surface area contributed by atoms with Crippen LogP contribution in [0.2, 0.25) is 0 Å². The van der Waals surface area contributed by atoms with Crippen LogP contribution in [-0.4, -0.2) is 57.7 Å². The molecule has 1 unspecified atom stereocenters. The van der Waals surface area contributed by atoms with Crippen molar-refractivity contribution in [3.63, 3.8) is 0 Å². The number of fused-ring (bicyclic) bond motifs is 2. The van der Waals surface area contributed by atoms with Crippen molar-refractivity contribution in [2.24, 2.45) is 0 Å². The summed E-state index contributed by atoms with van der Waals surface area (Å²) in [4.78, 5) is 8.28. The van der Waals surface area contributed by atoms with Crippen molar-refractivity contribution in [1.82, 2.24) is 44.0 Å². The molecule has 5 aromatic heterocycles. The van der Waals surface area contributed by atoms with Gasteiger partial charge in [-0.2, -0.15) is 23.5 Å². The van der Waals surface area contributed by atoms with Crippen molar-refractivity contribution in [2.45, 2.75) is 12.2 Å². The fraction of sp³-hybridized carbons (Fsp3) is 0.222. The Morgan fingerprint density at radius 2 is 1.97 bits per heavy atom. The number of hydrogen-bond donors (Lipinski definition) is 0. The third-order valence-electron chi connectivity index (χ3n) is 4.88. The van der Waals surface area contributed by atoms with Gasteiger partial charge >= 0.3 is 5.92 Å². The van der Waals surface area contributed by atoms with Gasteiger partial charge in [0.05, 0.1) is 24.3 Å². The van der Waals surface area contributed by atoms with Crippen LogP contribution in [0.1, 0.15) is 11.4 Å². The van der Waals surface area contributed by atoms with E-state index in [0.29, 0.717) is 11.2 Å². The molecule has 5 aromatic rings. The van der Waals surface area contributed by atoms with Crippen LogP contribution in [0.4, 0.5) is 8.78 Å². The van der Waals surface area contributed by atoms with Crippen molar-refractivity contribution in [3.8, 4) is 11.4 Å². The molecule has 0 aromatic carbocycles. The number of aromatic nitrogens is 9. The second-order valence-corrected chi connectivity index (χ2v) is 9.86. The summed E-state index contributed by atoms with van der Waals surface area (Å²) in [5.74, 6) is -4.29. The topological polar surface area (TPSA) is 117 Å². The maximum atomic E-state index is 15.4. The van der Waals surface area contributed by atoms with Crippen LogP contribution >= 0.6 is 7.37 Å². The molecule has 0 fully saturated rings. The van der Waals surface area contributed by atoms with Crippen molar-refractivity contribution >= 4 is 18.7 Å². The molecule has 0 radical (unpaired) electrons. The molecule has 0 spiro atoms. The van der Waals surface area contributed by atoms with Crippen LogP contribution in [0.5, 0.6) is 0 Å². The lowest BCUT2D eigenvalue weighted by Crippen LogP contribution is -2.21. The predicted octanol–water partition coefficient (Wildman–Crippen LogP) is 2.68. The summed E-state index contributed by atoms with van der Waals surface area (Å²) in [6.07, 6.45) is 7.25. The Hall–Kier alpha value is -3.57. The van der Waals surface area contributed by atoms with Crippen molar-refractivity contribution in [1.29, 1.82) is 0 Å². The summed E-state index contributed by atoms with van der Waals surface area (Å²) in [6.45, 7) is 1.50. The highest BCUT2D eigenvalue weighted by atomic mass is 31.2. The molecule has 5 rings (SSSR count). The Balaban J connectivity index is 1.54. The summed E-state index contributed by atoms with van der Waals surface area (Å²) in [5.41, 5.74) is 0.937. The molecule has 0 saturated carbocycles. The van der Waals surface area contributed by atoms with E-state index in [1.807, 2.05) is 0 Å². The van der Waals surface area contributed by atoms with E-state index in [9.17, 15) is 4.57 Å². The first-order valence-corrected chi connectivity index (χ1v) is 11.6. The quantitative estimate of drug-likeness (QED) is 0.356. The highest BCUT2D eigenvalue weighted by molar-refractivity contribution is 7.57. The fourth-order valence-electron chi connectivity index (χ4n) is 3.16. The monoisotopic (exact) mass is 459 g/mol. The molecule has 11 nitrogen and oxygen atoms in total. The predicted molar refractivity (Wildman–Crippen MR) is 109 cm³/mol. The van der Waals surface area contributed by atoms with Gasteiger partial charge in [0.2, 0.25) is 13.2 Å². The molecule has 0 aliphatic rings. The normalized spacial score (nSPS) is 14.2. The summed E-state index contributed by atoms with van der Waals surface area (Å²) in [6, 6.07) is 4.54. The van der Waals surface area contributed by atoms with Gasteiger partial charge in [-0.1, -0.05) is 0 Å². The van der Waals surface area contributed by atoms with E-state index in [1.54, 1.807) is 16.8 Å². The molecule has 0 amide bonds. The SMILES string of the molecule is COP(C)(=O)Cn1cnc(-c2cnc3nnc(C(F)(F)c4ccc5ccnn5c4)n3n2)c1. The first-order chi connectivity index (χ1) is 15.3. The number of halogens is 2. The Labute approximate surface area is 179 Å². The zero-order chi connectivity index (χ0) is 22.5. The summed E-state index contributed by atoms with van der Waals surface area (Å²) < 4.78 is 51.7. The number of hydrogen-bond acceptors (Lipinski definition) is 8. The molecule has 1 atom stereocenters. The van der Waals surface area contributed by atoms with Gasteiger partial charge in [0, 0.05) is 37.9 Å². The summed E-state index contributed by atoms with van der Waals surface area (Å²) >= 11 is 0. The van der Waals surface area contributed by atoms with Crippen LogP contribution < -0.4 is 0 Å². The third kappa shape index (κ3) is 3.45. The van der Waals surface area contributed by atoms with E-state index in [2.05, 4.69) is 30.4 Å². The molecule has 32 heavy (non-hydrogen) atoms. The van der Waals surface area contributed by atoms with Crippen LogP contribution in [-0.2, 0) is 21.3 Å². The maximum Gasteiger partial charge on any atom is 0.335 e. The Kier molecular flexibility index (Phi) is 4.60. The number of pyridine rings is 1. The Morgan fingerprint density at radius 1 is 1.12 bits per heavy atom. The Bertz CT molecular complexity index is 1490. The smallest absolute Gasteiger partial charge is 0.331 e. The third-order valence-corrected chi connectivity index (χ3v) is 6.49. The molecule has 0 saturated heterocycles. The minimum absolute atomic E-state index is 0.0829. The molecule has 164 valence electrons. The maximum absolute atomic E-state index is 15.4. The molecule has 0 bridgehead atoms. The molecular weight excluding hydrogens is 443 g/mol. The highest BCUT2D eigenvalue weighted by Gasteiger charge is 2.41. The van der Waals surface area contributed by atoms with E-state index in [0.717, 1.165) is 4.52 Å². The van der Waals surface area contributed by atoms with Gasteiger partial charge in [0.15, 0.2) is 0 Å². The molecule has 0 N–H and O–H groups in total. The largest absolute Gasteiger partial charge is 0.335 e. The van der Waals surface area contributed by atoms with Crippen molar-refractivity contribution < 1.29 is 17.9 Å². The van der Waals surface area contributed by atoms with E-state index >= 15 is 8.78 Å². The fourth-order valence-corrected chi connectivity index (χ4v) is 4.03. The highest BCUT2D eigenvalue weighted by Crippen LogP contribution is 2.43. The molecule has 0 aliphatic carbocycles. The second kappa shape index (κ2) is 7.24. The lowest BCUT2D eigenvalue weighted by atomic mass is 10.1. The van der Waals surface area contributed by atoms with E-state index in [-0.39, 0.29) is 23.3 Å². The molecule has 14 heteroatoms. The lowest BCUT2D eigenvalue weighted by molar-refractivity contribution is 0.0301. The number of imidazole rings is 1. The Morgan fingerprint density at radius 3 is 2.78 bits per heavy atom. The molecule has 0 aliphatic heterocycles. The number of rotatable bonds is 6. The average Bonchev–Trinajstić information content (AvgIpc) is 3.51. The minimum atomic E-state index is -3.51. The van der Waals surface area contributed by atoms with E-state index in [4.69, 9.17) is 4.52 Å². The molecule has 5 heterocycles. The van der Waals surface area contributed by atoms with Gasteiger partial charge in [-0.15, -0.1) is 10.2 Å². The lowest BCUT2D eigenvalue weighted by Gasteiger charge is -2.14. The first kappa shape index (κ1) is 20.3. The van der Waals surface area contributed by atoms with Crippen molar-refractivity contribution in [3.05, 3.63) is 60.7 Å². The van der Waals surface area contributed by atoms with Crippen LogP contribution in [0, 0.1) is 0 Å². The van der Waals surface area contributed by atoms with Crippen LogP contribution in [0.15, 0.2) is 49.3 Å². The van der Waals surface area contributed by atoms with Crippen LogP contribution in [0.3, 0.4) is 0 Å². The number of alkyl halides is 2. The summed E-state index contributed by atoms with van der Waals surface area (Å²) in [5, 5.41) is 15.6. The van der Waals surface area contributed by atoms with Crippen molar-refractivity contribution in [2.75, 3.05) is 13.8 Å². The van der Waals surface area contributed by atoms with Gasteiger partial charge in [-0.25, -0.2) is 14.5 Å². The van der Waals surface area contributed by atoms with Gasteiger partial charge in [0.1, 0.15) is 11.4 Å². The van der Waals surface area contributed by atoms with Gasteiger partial charge < -0.3 is 9.09 Å².